The Morgan fingerprint density at radius 1 is 1.50 bits per heavy atom. The van der Waals surface area contributed by atoms with E-state index in [1.807, 2.05) is 36.9 Å². The van der Waals surface area contributed by atoms with E-state index < -0.39 is 0 Å². The number of carbonyl (C=O) groups is 1. The number of halogens is 1. The second kappa shape index (κ2) is 6.07. The average molecular weight is 410 g/mol. The van der Waals surface area contributed by atoms with Gasteiger partial charge < -0.3 is 14.2 Å². The molecule has 114 valence electrons. The highest BCUT2D eigenvalue weighted by Gasteiger charge is 2.20. The number of hydrogen-bond acceptors (Lipinski definition) is 3. The van der Waals surface area contributed by atoms with Crippen LogP contribution in [-0.4, -0.2) is 47.4 Å². The lowest BCUT2D eigenvalue weighted by Crippen LogP contribution is -2.10. The molecule has 0 saturated heterocycles. The first-order chi connectivity index (χ1) is 10.5. The average Bonchev–Trinajstić information content (AvgIpc) is 2.82. The van der Waals surface area contributed by atoms with E-state index in [4.69, 9.17) is 4.74 Å². The van der Waals surface area contributed by atoms with Gasteiger partial charge in [0.1, 0.15) is 23.9 Å². The molecule has 7 heteroatoms. The quantitative estimate of drug-likeness (QED) is 0.433. The van der Waals surface area contributed by atoms with Crippen molar-refractivity contribution in [1.29, 1.82) is 0 Å². The maximum absolute atomic E-state index is 12.1. The molecule has 1 aliphatic heterocycles. The zero-order valence-electron chi connectivity index (χ0n) is 12.3. The first-order valence-corrected chi connectivity index (χ1v) is 7.87. The minimum Gasteiger partial charge on any atom is -0.491 e. The fourth-order valence-electron chi connectivity index (χ4n) is 2.19. The standard InChI is InChI=1S/C15H15IN4O2/c1-19(2)9-17-15(21)12-8-20-5-6-22-13-7-10(16)3-4-11(13)14(20)18-12/h3-4,7-9H,5-6H2,1-2H3. The van der Waals surface area contributed by atoms with Crippen molar-refractivity contribution >= 4 is 34.8 Å². The van der Waals surface area contributed by atoms with E-state index in [9.17, 15) is 4.79 Å². The van der Waals surface area contributed by atoms with Crippen molar-refractivity contribution in [2.24, 2.45) is 4.99 Å². The molecule has 2 heterocycles. The third-order valence-electron chi connectivity index (χ3n) is 3.18. The summed E-state index contributed by atoms with van der Waals surface area (Å²) in [6.45, 7) is 1.20. The van der Waals surface area contributed by atoms with Gasteiger partial charge in [-0.1, -0.05) is 0 Å². The molecule has 0 fully saturated rings. The third-order valence-corrected chi connectivity index (χ3v) is 3.85. The van der Waals surface area contributed by atoms with Crippen molar-refractivity contribution in [2.45, 2.75) is 6.54 Å². The number of fused-ring (bicyclic) bond motifs is 3. The summed E-state index contributed by atoms with van der Waals surface area (Å²) in [5.41, 5.74) is 1.24. The van der Waals surface area contributed by atoms with E-state index in [0.29, 0.717) is 18.8 Å². The van der Waals surface area contributed by atoms with Crippen LogP contribution in [0.15, 0.2) is 29.4 Å². The zero-order valence-corrected chi connectivity index (χ0v) is 14.4. The first kappa shape index (κ1) is 15.0. The summed E-state index contributed by atoms with van der Waals surface area (Å²) in [5.74, 6) is 1.20. The Labute approximate surface area is 142 Å². The van der Waals surface area contributed by atoms with Gasteiger partial charge >= 0.3 is 0 Å². The van der Waals surface area contributed by atoms with Gasteiger partial charge in [-0.3, -0.25) is 4.79 Å². The normalized spacial score (nSPS) is 13.2. The number of aliphatic imine (C=N–C) groups is 1. The van der Waals surface area contributed by atoms with Gasteiger partial charge in [0.15, 0.2) is 0 Å². The van der Waals surface area contributed by atoms with Crippen LogP contribution in [-0.2, 0) is 6.54 Å². The number of ether oxygens (including phenoxy) is 1. The van der Waals surface area contributed by atoms with Gasteiger partial charge in [0.05, 0.1) is 18.4 Å². The smallest absolute Gasteiger partial charge is 0.298 e. The van der Waals surface area contributed by atoms with Crippen molar-refractivity contribution in [3.05, 3.63) is 33.7 Å². The van der Waals surface area contributed by atoms with Crippen LogP contribution in [0.2, 0.25) is 0 Å². The summed E-state index contributed by atoms with van der Waals surface area (Å²) in [6.07, 6.45) is 3.22. The summed E-state index contributed by atoms with van der Waals surface area (Å²) >= 11 is 2.25. The van der Waals surface area contributed by atoms with Gasteiger partial charge in [-0.15, -0.1) is 0 Å². The van der Waals surface area contributed by atoms with E-state index in [2.05, 4.69) is 32.6 Å². The molecule has 2 aromatic rings. The first-order valence-electron chi connectivity index (χ1n) is 6.79. The lowest BCUT2D eigenvalue weighted by molar-refractivity contribution is 0.0998. The molecule has 3 rings (SSSR count). The second-order valence-corrected chi connectivity index (χ2v) is 6.39. The number of rotatable bonds is 2. The summed E-state index contributed by atoms with van der Waals surface area (Å²) in [5, 5.41) is 0. The van der Waals surface area contributed by atoms with E-state index in [1.165, 1.54) is 6.34 Å². The number of benzene rings is 1. The molecule has 0 bridgehead atoms. The number of nitrogens with zero attached hydrogens (tertiary/aromatic N) is 4. The van der Waals surface area contributed by atoms with Gasteiger partial charge in [-0.2, -0.15) is 4.99 Å². The molecule has 0 aliphatic carbocycles. The lowest BCUT2D eigenvalue weighted by Gasteiger charge is -2.06. The van der Waals surface area contributed by atoms with Crippen LogP contribution in [0.25, 0.3) is 11.4 Å². The number of carbonyl (C=O) groups excluding carboxylic acids is 1. The monoisotopic (exact) mass is 410 g/mol. The molecular weight excluding hydrogens is 395 g/mol. The molecule has 1 aromatic heterocycles. The SMILES string of the molecule is CN(C)C=NC(=O)c1cn2c(n1)-c1ccc(I)cc1OCC2. The molecule has 0 radical (unpaired) electrons. The second-order valence-electron chi connectivity index (χ2n) is 5.15. The molecule has 1 amide bonds. The van der Waals surface area contributed by atoms with Gasteiger partial charge in [-0.25, -0.2) is 4.98 Å². The molecule has 0 N–H and O–H groups in total. The number of imidazole rings is 1. The van der Waals surface area contributed by atoms with E-state index in [-0.39, 0.29) is 5.91 Å². The van der Waals surface area contributed by atoms with E-state index in [0.717, 1.165) is 20.7 Å². The number of aromatic nitrogens is 2. The summed E-state index contributed by atoms with van der Waals surface area (Å²) in [7, 11) is 3.63. The van der Waals surface area contributed by atoms with Crippen molar-refractivity contribution in [2.75, 3.05) is 20.7 Å². The van der Waals surface area contributed by atoms with Crippen LogP contribution < -0.4 is 4.74 Å². The zero-order chi connectivity index (χ0) is 15.7. The van der Waals surface area contributed by atoms with Crippen molar-refractivity contribution in [3.8, 4) is 17.1 Å². The Morgan fingerprint density at radius 2 is 2.32 bits per heavy atom. The maximum atomic E-state index is 12.1. The van der Waals surface area contributed by atoms with Crippen molar-refractivity contribution < 1.29 is 9.53 Å². The minimum atomic E-state index is -0.345. The highest BCUT2D eigenvalue weighted by Crippen LogP contribution is 2.33. The Balaban J connectivity index is 2.01. The lowest BCUT2D eigenvalue weighted by atomic mass is 10.2. The summed E-state index contributed by atoms with van der Waals surface area (Å²) in [6, 6.07) is 5.95. The van der Waals surface area contributed by atoms with Crippen LogP contribution in [0.3, 0.4) is 0 Å². The molecule has 0 spiro atoms. The molecule has 0 unspecified atom stereocenters. The van der Waals surface area contributed by atoms with E-state index >= 15 is 0 Å². The Hall–Kier alpha value is -1.90. The Kier molecular flexibility index (Phi) is 4.14. The third kappa shape index (κ3) is 2.99. The number of amides is 1. The molecule has 1 aliphatic rings. The minimum absolute atomic E-state index is 0.345. The van der Waals surface area contributed by atoms with Crippen molar-refractivity contribution in [3.63, 3.8) is 0 Å². The predicted octanol–water partition coefficient (Wildman–Crippen LogP) is 2.28. The maximum Gasteiger partial charge on any atom is 0.298 e. The fraction of sp³-hybridized carbons (Fsp3) is 0.267. The highest BCUT2D eigenvalue weighted by molar-refractivity contribution is 14.1. The van der Waals surface area contributed by atoms with Gasteiger partial charge in [0.2, 0.25) is 0 Å². The van der Waals surface area contributed by atoms with Crippen LogP contribution in [0.5, 0.6) is 5.75 Å². The van der Waals surface area contributed by atoms with Gasteiger partial charge in [-0.05, 0) is 40.8 Å². The molecule has 0 atom stereocenters. The van der Waals surface area contributed by atoms with Crippen LogP contribution in [0.1, 0.15) is 10.5 Å². The molecule has 6 nitrogen and oxygen atoms in total. The molecule has 22 heavy (non-hydrogen) atoms. The molecule has 1 aromatic carbocycles. The largest absolute Gasteiger partial charge is 0.491 e. The summed E-state index contributed by atoms with van der Waals surface area (Å²) in [4.78, 5) is 22.1. The summed E-state index contributed by atoms with van der Waals surface area (Å²) < 4.78 is 8.80. The fourth-order valence-corrected chi connectivity index (χ4v) is 2.66. The highest BCUT2D eigenvalue weighted by atomic mass is 127. The van der Waals surface area contributed by atoms with Crippen LogP contribution >= 0.6 is 22.6 Å². The van der Waals surface area contributed by atoms with Gasteiger partial charge in [0.25, 0.3) is 5.91 Å². The van der Waals surface area contributed by atoms with Gasteiger partial charge in [0, 0.05) is 23.9 Å². The predicted molar refractivity (Wildman–Crippen MR) is 92.4 cm³/mol. The van der Waals surface area contributed by atoms with Crippen LogP contribution in [0, 0.1) is 3.57 Å². The number of hydrogen-bond donors (Lipinski definition) is 0. The van der Waals surface area contributed by atoms with Crippen molar-refractivity contribution in [1.82, 2.24) is 14.5 Å². The Morgan fingerprint density at radius 3 is 3.09 bits per heavy atom. The van der Waals surface area contributed by atoms with E-state index in [1.54, 1.807) is 11.1 Å². The van der Waals surface area contributed by atoms with Crippen LogP contribution in [0.4, 0.5) is 0 Å². The molecule has 0 saturated carbocycles. The Bertz CT molecular complexity index is 752. The topological polar surface area (TPSA) is 59.7 Å². The molecular formula is C15H15IN4O2.